The van der Waals surface area contributed by atoms with Crippen LogP contribution in [0.1, 0.15) is 32.2 Å². The number of hydrogen-bond acceptors (Lipinski definition) is 6. The van der Waals surface area contributed by atoms with Gasteiger partial charge in [-0.1, -0.05) is 20.8 Å². The van der Waals surface area contributed by atoms with Gasteiger partial charge in [0.25, 0.3) is 0 Å². The van der Waals surface area contributed by atoms with E-state index in [1.807, 2.05) is 20.0 Å². The van der Waals surface area contributed by atoms with Gasteiger partial charge in [0.05, 0.1) is 37.3 Å². The van der Waals surface area contributed by atoms with Crippen LogP contribution in [0.5, 0.6) is 0 Å². The summed E-state index contributed by atoms with van der Waals surface area (Å²) < 4.78 is 28.2. The SMILES string of the molecule is Cc1nc2c(N3CCOCC3)cc(-c3cc(NC(=O)N4CCO[C@H](C(C)(C)C)C4)c(F)cc3C)cn2n1. The molecule has 0 bridgehead atoms. The molecule has 1 atom stereocenters. The maximum atomic E-state index is 15.1. The van der Waals surface area contributed by atoms with Gasteiger partial charge in [-0.2, -0.15) is 5.10 Å². The van der Waals surface area contributed by atoms with Crippen molar-refractivity contribution in [1.29, 1.82) is 0 Å². The highest BCUT2D eigenvalue weighted by Crippen LogP contribution is 2.34. The number of morpholine rings is 2. The van der Waals surface area contributed by atoms with E-state index in [1.54, 1.807) is 15.5 Å². The van der Waals surface area contributed by atoms with Gasteiger partial charge in [0.2, 0.25) is 0 Å². The normalized spacial score (nSPS) is 18.9. The van der Waals surface area contributed by atoms with Gasteiger partial charge in [0.15, 0.2) is 5.65 Å². The molecule has 5 rings (SSSR count). The van der Waals surface area contributed by atoms with Crippen LogP contribution in [0.2, 0.25) is 0 Å². The Kier molecular flexibility index (Phi) is 6.80. The number of carbonyl (C=O) groups is 1. The van der Waals surface area contributed by atoms with Crippen molar-refractivity contribution >= 4 is 23.1 Å². The predicted octanol–water partition coefficient (Wildman–Crippen LogP) is 4.27. The van der Waals surface area contributed by atoms with Gasteiger partial charge in [-0.25, -0.2) is 18.7 Å². The Morgan fingerprint density at radius 1 is 1.11 bits per heavy atom. The number of aryl methyl sites for hydroxylation is 2. The number of carbonyl (C=O) groups excluding carboxylic acids is 1. The van der Waals surface area contributed by atoms with Crippen LogP contribution in [0.25, 0.3) is 16.8 Å². The Morgan fingerprint density at radius 3 is 2.59 bits per heavy atom. The van der Waals surface area contributed by atoms with Crippen LogP contribution in [-0.4, -0.2) is 77.6 Å². The molecular weight excluding hydrogens is 475 g/mol. The van der Waals surface area contributed by atoms with Crippen LogP contribution in [0.4, 0.5) is 20.6 Å². The molecule has 9 nitrogen and oxygen atoms in total. The minimum atomic E-state index is -0.471. The Bertz CT molecular complexity index is 1310. The lowest BCUT2D eigenvalue weighted by molar-refractivity contribution is -0.0664. The minimum Gasteiger partial charge on any atom is -0.378 e. The summed E-state index contributed by atoms with van der Waals surface area (Å²) in [5, 5.41) is 7.35. The fourth-order valence-electron chi connectivity index (χ4n) is 4.89. The number of fused-ring (bicyclic) bond motifs is 1. The second kappa shape index (κ2) is 9.90. The average Bonchev–Trinajstić information content (AvgIpc) is 3.25. The number of anilines is 2. The van der Waals surface area contributed by atoms with Gasteiger partial charge in [-0.3, -0.25) is 0 Å². The molecule has 0 saturated carbocycles. The number of benzene rings is 1. The molecule has 1 aromatic carbocycles. The number of halogens is 1. The third-order valence-corrected chi connectivity index (χ3v) is 7.06. The van der Waals surface area contributed by atoms with Gasteiger partial charge in [0.1, 0.15) is 11.6 Å². The van der Waals surface area contributed by atoms with Crippen molar-refractivity contribution in [1.82, 2.24) is 19.5 Å². The highest BCUT2D eigenvalue weighted by Gasteiger charge is 2.33. The monoisotopic (exact) mass is 510 g/mol. The van der Waals surface area contributed by atoms with E-state index < -0.39 is 5.82 Å². The van der Waals surface area contributed by atoms with Crippen LogP contribution >= 0.6 is 0 Å². The molecule has 2 saturated heterocycles. The number of rotatable bonds is 3. The maximum Gasteiger partial charge on any atom is 0.322 e. The van der Waals surface area contributed by atoms with E-state index >= 15 is 4.39 Å². The predicted molar refractivity (Wildman–Crippen MR) is 141 cm³/mol. The van der Waals surface area contributed by atoms with Crippen LogP contribution in [0, 0.1) is 25.1 Å². The van der Waals surface area contributed by atoms with E-state index in [-0.39, 0.29) is 23.2 Å². The Morgan fingerprint density at radius 2 is 1.86 bits per heavy atom. The third kappa shape index (κ3) is 5.26. The van der Waals surface area contributed by atoms with Gasteiger partial charge in [-0.15, -0.1) is 0 Å². The second-order valence-corrected chi connectivity index (χ2v) is 10.9. The smallest absolute Gasteiger partial charge is 0.322 e. The lowest BCUT2D eigenvalue weighted by Crippen LogP contribution is -2.51. The highest BCUT2D eigenvalue weighted by atomic mass is 19.1. The molecule has 1 N–H and O–H groups in total. The van der Waals surface area contributed by atoms with Crippen molar-refractivity contribution < 1.29 is 18.7 Å². The van der Waals surface area contributed by atoms with Gasteiger partial charge >= 0.3 is 6.03 Å². The van der Waals surface area contributed by atoms with E-state index in [9.17, 15) is 4.79 Å². The number of pyridine rings is 1. The Balaban J connectivity index is 1.47. The molecule has 2 aliphatic rings. The number of nitrogens with one attached hydrogen (secondary N) is 1. The lowest BCUT2D eigenvalue weighted by atomic mass is 9.88. The Hall–Kier alpha value is -3.24. The average molecular weight is 511 g/mol. The fraction of sp³-hybridized carbons (Fsp3) is 0.519. The fourth-order valence-corrected chi connectivity index (χ4v) is 4.89. The van der Waals surface area contributed by atoms with Gasteiger partial charge in [0, 0.05) is 37.9 Å². The summed E-state index contributed by atoms with van der Waals surface area (Å²) in [6, 6.07) is 4.91. The molecule has 10 heteroatoms. The zero-order chi connectivity index (χ0) is 26.3. The number of nitrogens with zero attached hydrogens (tertiary/aromatic N) is 5. The number of hydrogen-bond donors (Lipinski definition) is 1. The molecule has 0 radical (unpaired) electrons. The van der Waals surface area contributed by atoms with Crippen LogP contribution in [-0.2, 0) is 9.47 Å². The first-order chi connectivity index (χ1) is 17.6. The molecule has 0 unspecified atom stereocenters. The molecule has 2 fully saturated rings. The first kappa shape index (κ1) is 25.4. The van der Waals surface area contributed by atoms with Crippen LogP contribution in [0.15, 0.2) is 24.4 Å². The molecular formula is C27H35FN6O3. The van der Waals surface area contributed by atoms with Crippen molar-refractivity contribution in [3.63, 3.8) is 0 Å². The first-order valence-corrected chi connectivity index (χ1v) is 12.8. The first-order valence-electron chi connectivity index (χ1n) is 12.8. The summed E-state index contributed by atoms with van der Waals surface area (Å²) in [4.78, 5) is 21.7. The van der Waals surface area contributed by atoms with Crippen molar-refractivity contribution in [3.05, 3.63) is 41.6 Å². The maximum absolute atomic E-state index is 15.1. The van der Waals surface area contributed by atoms with E-state index in [1.165, 1.54) is 6.07 Å². The molecule has 0 aliphatic carbocycles. The third-order valence-electron chi connectivity index (χ3n) is 7.06. The molecule has 198 valence electrons. The molecule has 3 aromatic rings. The highest BCUT2D eigenvalue weighted by molar-refractivity contribution is 5.91. The number of urea groups is 1. The standard InChI is InChI=1S/C27H35FN6O3/c1-17-12-21(28)22(30-26(35)33-8-11-37-24(16-33)27(3,4)5)14-20(17)19-13-23(32-6-9-36-10-7-32)25-29-18(2)31-34(25)15-19/h12-15,24H,6-11,16H2,1-5H3,(H,30,35)/t24-/m0/s1. The summed E-state index contributed by atoms with van der Waals surface area (Å²) in [6.07, 6.45) is 1.82. The second-order valence-electron chi connectivity index (χ2n) is 10.9. The van der Waals surface area contributed by atoms with Gasteiger partial charge < -0.3 is 24.6 Å². The number of amides is 2. The summed E-state index contributed by atoms with van der Waals surface area (Å²) in [7, 11) is 0. The lowest BCUT2D eigenvalue weighted by Gasteiger charge is -2.39. The van der Waals surface area contributed by atoms with E-state index in [2.05, 4.69) is 47.1 Å². The molecule has 2 amide bonds. The topological polar surface area (TPSA) is 84.2 Å². The summed E-state index contributed by atoms with van der Waals surface area (Å²) in [5.74, 6) is 0.204. The van der Waals surface area contributed by atoms with Crippen molar-refractivity contribution in [3.8, 4) is 11.1 Å². The molecule has 4 heterocycles. The molecule has 37 heavy (non-hydrogen) atoms. The number of ether oxygens (including phenoxy) is 2. The summed E-state index contributed by atoms with van der Waals surface area (Å²) >= 11 is 0. The minimum absolute atomic E-state index is 0.0816. The van der Waals surface area contributed by atoms with Crippen molar-refractivity contribution in [2.75, 3.05) is 56.2 Å². The quantitative estimate of drug-likeness (QED) is 0.567. The van der Waals surface area contributed by atoms with Crippen molar-refractivity contribution in [2.45, 2.75) is 40.7 Å². The van der Waals surface area contributed by atoms with Gasteiger partial charge in [-0.05, 0) is 48.6 Å². The van der Waals surface area contributed by atoms with E-state index in [0.29, 0.717) is 38.7 Å². The van der Waals surface area contributed by atoms with Crippen molar-refractivity contribution in [2.24, 2.45) is 5.41 Å². The summed E-state index contributed by atoms with van der Waals surface area (Å²) in [6.45, 7) is 14.2. The van der Waals surface area contributed by atoms with Crippen LogP contribution in [0.3, 0.4) is 0 Å². The van der Waals surface area contributed by atoms with Crippen LogP contribution < -0.4 is 10.2 Å². The molecule has 0 spiro atoms. The van der Waals surface area contributed by atoms with E-state index in [0.717, 1.165) is 41.1 Å². The van der Waals surface area contributed by atoms with E-state index in [4.69, 9.17) is 9.47 Å². The largest absolute Gasteiger partial charge is 0.378 e. The summed E-state index contributed by atoms with van der Waals surface area (Å²) in [5.41, 5.74) is 4.22. The Labute approximate surface area is 216 Å². The molecule has 2 aromatic heterocycles. The zero-order valence-electron chi connectivity index (χ0n) is 22.2. The zero-order valence-corrected chi connectivity index (χ0v) is 22.2. The number of aromatic nitrogens is 3. The molecule has 2 aliphatic heterocycles.